The van der Waals surface area contributed by atoms with E-state index in [1.807, 2.05) is 11.4 Å². The average molecular weight is 311 g/mol. The Morgan fingerprint density at radius 2 is 2.35 bits per heavy atom. The molecule has 1 aliphatic heterocycles. The molecule has 0 bridgehead atoms. The highest BCUT2D eigenvalue weighted by atomic mass is 35.5. The van der Waals surface area contributed by atoms with Crippen LogP contribution in [-0.2, 0) is 6.54 Å². The lowest BCUT2D eigenvalue weighted by molar-refractivity contribution is 0.262. The summed E-state index contributed by atoms with van der Waals surface area (Å²) in [6, 6.07) is 1.98. The van der Waals surface area contributed by atoms with Gasteiger partial charge in [0.15, 0.2) is 0 Å². The molecule has 0 N–H and O–H groups in total. The maximum absolute atomic E-state index is 6.21. The molecule has 1 aliphatic rings. The lowest BCUT2D eigenvalue weighted by Crippen LogP contribution is -2.27. The van der Waals surface area contributed by atoms with E-state index in [4.69, 9.17) is 11.6 Å². The van der Waals surface area contributed by atoms with Gasteiger partial charge in [-0.2, -0.15) is 0 Å². The van der Waals surface area contributed by atoms with Crippen LogP contribution in [0.15, 0.2) is 11.4 Å². The Bertz CT molecular complexity index is 600. The number of likely N-dealkylation sites (tertiary alicyclic amines) is 1. The summed E-state index contributed by atoms with van der Waals surface area (Å²) in [6.07, 6.45) is 1.28. The number of aromatic nitrogens is 2. The molecule has 6 heteroatoms. The summed E-state index contributed by atoms with van der Waals surface area (Å²) in [6.45, 7) is 4.25. The van der Waals surface area contributed by atoms with Gasteiger partial charge >= 0.3 is 0 Å². The number of hydrogen-bond donors (Lipinski definition) is 0. The summed E-state index contributed by atoms with van der Waals surface area (Å²) in [4.78, 5) is 14.7. The highest BCUT2D eigenvalue weighted by molar-refractivity contribution is 7.16. The predicted molar refractivity (Wildman–Crippen MR) is 84.4 cm³/mol. The molecule has 2 aromatic rings. The number of rotatable bonds is 4. The quantitative estimate of drug-likeness (QED) is 0.813. The highest BCUT2D eigenvalue weighted by Crippen LogP contribution is 2.25. The Kier molecular flexibility index (Phi) is 4.21. The fourth-order valence-electron chi connectivity index (χ4n) is 2.85. The van der Waals surface area contributed by atoms with E-state index in [1.54, 1.807) is 11.3 Å². The zero-order valence-electron chi connectivity index (χ0n) is 11.8. The second kappa shape index (κ2) is 5.93. The first kappa shape index (κ1) is 14.2. The number of nitrogens with zero attached hydrogens (tertiary/aromatic N) is 4. The molecule has 4 nitrogen and oxygen atoms in total. The molecule has 0 amide bonds. The van der Waals surface area contributed by atoms with Gasteiger partial charge in [0.2, 0.25) is 0 Å². The SMILES string of the molecule is CN1CCC(CN(C)Cc2nc(Cl)c3ccsc3n2)C1. The van der Waals surface area contributed by atoms with Crippen LogP contribution in [0.25, 0.3) is 10.2 Å². The van der Waals surface area contributed by atoms with Crippen LogP contribution < -0.4 is 0 Å². The molecule has 0 spiro atoms. The van der Waals surface area contributed by atoms with E-state index in [0.717, 1.165) is 35.0 Å². The summed E-state index contributed by atoms with van der Waals surface area (Å²) >= 11 is 7.82. The Labute approximate surface area is 128 Å². The van der Waals surface area contributed by atoms with Gasteiger partial charge in [-0.15, -0.1) is 11.3 Å². The molecular formula is C14H19ClN4S. The van der Waals surface area contributed by atoms with Crippen molar-refractivity contribution in [1.29, 1.82) is 0 Å². The van der Waals surface area contributed by atoms with Crippen LogP contribution in [-0.4, -0.2) is 53.5 Å². The smallest absolute Gasteiger partial charge is 0.145 e. The van der Waals surface area contributed by atoms with Crippen molar-refractivity contribution in [3.8, 4) is 0 Å². The zero-order valence-corrected chi connectivity index (χ0v) is 13.4. The third-order valence-corrected chi connectivity index (χ3v) is 4.89. The maximum Gasteiger partial charge on any atom is 0.145 e. The van der Waals surface area contributed by atoms with Crippen molar-refractivity contribution in [1.82, 2.24) is 19.8 Å². The van der Waals surface area contributed by atoms with Crippen LogP contribution in [0.3, 0.4) is 0 Å². The molecule has 0 aromatic carbocycles. The van der Waals surface area contributed by atoms with Crippen molar-refractivity contribution in [3.63, 3.8) is 0 Å². The Morgan fingerprint density at radius 3 is 3.10 bits per heavy atom. The van der Waals surface area contributed by atoms with E-state index in [1.165, 1.54) is 19.5 Å². The second-order valence-electron chi connectivity index (χ2n) is 5.68. The molecule has 3 heterocycles. The van der Waals surface area contributed by atoms with Crippen molar-refractivity contribution < 1.29 is 0 Å². The van der Waals surface area contributed by atoms with Crippen LogP contribution >= 0.6 is 22.9 Å². The highest BCUT2D eigenvalue weighted by Gasteiger charge is 2.21. The van der Waals surface area contributed by atoms with Crippen molar-refractivity contribution in [2.45, 2.75) is 13.0 Å². The van der Waals surface area contributed by atoms with Gasteiger partial charge in [-0.1, -0.05) is 11.6 Å². The zero-order chi connectivity index (χ0) is 14.1. The predicted octanol–water partition coefficient (Wildman–Crippen LogP) is 2.73. The van der Waals surface area contributed by atoms with E-state index in [9.17, 15) is 0 Å². The molecule has 1 unspecified atom stereocenters. The summed E-state index contributed by atoms with van der Waals surface area (Å²) < 4.78 is 0. The van der Waals surface area contributed by atoms with Gasteiger partial charge in [-0.3, -0.25) is 4.90 Å². The van der Waals surface area contributed by atoms with Gasteiger partial charge in [0.05, 0.1) is 6.54 Å². The number of hydrogen-bond acceptors (Lipinski definition) is 5. The van der Waals surface area contributed by atoms with Crippen LogP contribution in [0.1, 0.15) is 12.2 Å². The fraction of sp³-hybridized carbons (Fsp3) is 0.571. The third kappa shape index (κ3) is 3.11. The van der Waals surface area contributed by atoms with E-state index < -0.39 is 0 Å². The summed E-state index contributed by atoms with van der Waals surface area (Å²) in [5.41, 5.74) is 0. The molecule has 108 valence electrons. The van der Waals surface area contributed by atoms with Crippen molar-refractivity contribution in [2.75, 3.05) is 33.7 Å². The molecule has 2 aromatic heterocycles. The molecule has 20 heavy (non-hydrogen) atoms. The molecule has 0 saturated carbocycles. The van der Waals surface area contributed by atoms with Crippen molar-refractivity contribution >= 4 is 33.2 Å². The van der Waals surface area contributed by atoms with Crippen molar-refractivity contribution in [3.05, 3.63) is 22.4 Å². The molecular weight excluding hydrogens is 292 g/mol. The van der Waals surface area contributed by atoms with Crippen LogP contribution in [0.2, 0.25) is 5.15 Å². The number of thiophene rings is 1. The summed E-state index contributed by atoms with van der Waals surface area (Å²) in [5, 5.41) is 3.54. The minimum atomic E-state index is 0.570. The number of halogens is 1. The second-order valence-corrected chi connectivity index (χ2v) is 6.94. The molecule has 1 saturated heterocycles. The minimum absolute atomic E-state index is 0.570. The summed E-state index contributed by atoms with van der Waals surface area (Å²) in [7, 11) is 4.32. The van der Waals surface area contributed by atoms with E-state index in [-0.39, 0.29) is 0 Å². The fourth-order valence-corrected chi connectivity index (χ4v) is 3.94. The molecule has 1 atom stereocenters. The first-order valence-corrected chi connectivity index (χ1v) is 8.14. The van der Waals surface area contributed by atoms with E-state index in [0.29, 0.717) is 5.15 Å². The van der Waals surface area contributed by atoms with Crippen LogP contribution in [0, 0.1) is 5.92 Å². The molecule has 1 fully saturated rings. The van der Waals surface area contributed by atoms with Gasteiger partial charge < -0.3 is 4.90 Å². The van der Waals surface area contributed by atoms with Crippen LogP contribution in [0.5, 0.6) is 0 Å². The first-order valence-electron chi connectivity index (χ1n) is 6.88. The summed E-state index contributed by atoms with van der Waals surface area (Å²) in [5.74, 6) is 1.57. The van der Waals surface area contributed by atoms with Gasteiger partial charge in [0, 0.05) is 18.5 Å². The van der Waals surface area contributed by atoms with Crippen LogP contribution in [0.4, 0.5) is 0 Å². The molecule has 0 aliphatic carbocycles. The standard InChI is InChI=1S/C14H19ClN4S/c1-18-5-3-10(7-18)8-19(2)9-12-16-13(15)11-4-6-20-14(11)17-12/h4,6,10H,3,5,7-9H2,1-2H3. The van der Waals surface area contributed by atoms with E-state index >= 15 is 0 Å². The number of fused-ring (bicyclic) bond motifs is 1. The van der Waals surface area contributed by atoms with Crippen molar-refractivity contribution in [2.24, 2.45) is 5.92 Å². The minimum Gasteiger partial charge on any atom is -0.306 e. The molecule has 3 rings (SSSR count). The Hall–Kier alpha value is -0.750. The monoisotopic (exact) mass is 310 g/mol. The normalized spacial score (nSPS) is 20.3. The largest absolute Gasteiger partial charge is 0.306 e. The maximum atomic E-state index is 6.21. The van der Waals surface area contributed by atoms with Gasteiger partial charge in [0.25, 0.3) is 0 Å². The molecule has 0 radical (unpaired) electrons. The lowest BCUT2D eigenvalue weighted by atomic mass is 10.1. The first-order chi connectivity index (χ1) is 9.61. The van der Waals surface area contributed by atoms with Gasteiger partial charge in [0.1, 0.15) is 15.8 Å². The van der Waals surface area contributed by atoms with Gasteiger partial charge in [-0.05, 0) is 44.4 Å². The van der Waals surface area contributed by atoms with E-state index in [2.05, 4.69) is 33.9 Å². The van der Waals surface area contributed by atoms with Gasteiger partial charge in [-0.25, -0.2) is 9.97 Å². The Morgan fingerprint density at radius 1 is 1.50 bits per heavy atom. The third-order valence-electron chi connectivity index (χ3n) is 3.80. The average Bonchev–Trinajstić information content (AvgIpc) is 2.98. The lowest BCUT2D eigenvalue weighted by Gasteiger charge is -2.20. The Balaban J connectivity index is 1.66. The topological polar surface area (TPSA) is 32.3 Å².